The number of carbonyl (C=O) groups is 2. The number of aromatic nitrogens is 1. The van der Waals surface area contributed by atoms with Gasteiger partial charge in [-0.15, -0.1) is 0 Å². The van der Waals surface area contributed by atoms with E-state index in [4.69, 9.17) is 28.9 Å². The molecular formula is C25H22Cl2N3O3+. The standard InChI is InChI=1S/C25H21Cl2N3O3/c26-19-10-9-16(14-20(19)27)15-30(12-5-13-31)23(24(28)32)21(17-6-2-1-3-7-17)18-8-4-11-29-22(18)25(30)33/h1-4,6-11,14,31H,5,12-13,15H2,(H-,28,32)/p+1. The maximum atomic E-state index is 14.0. The predicted octanol–water partition coefficient (Wildman–Crippen LogP) is 4.19. The molecule has 168 valence electrons. The number of rotatable bonds is 7. The van der Waals surface area contributed by atoms with Crippen molar-refractivity contribution in [3.8, 4) is 0 Å². The summed E-state index contributed by atoms with van der Waals surface area (Å²) in [7, 11) is 0. The van der Waals surface area contributed by atoms with E-state index < -0.39 is 10.4 Å². The second-order valence-corrected chi connectivity index (χ2v) is 8.65. The van der Waals surface area contributed by atoms with Gasteiger partial charge in [0.15, 0.2) is 5.69 Å². The van der Waals surface area contributed by atoms with E-state index in [1.54, 1.807) is 36.5 Å². The number of nitrogens with two attached hydrogens (primary N) is 1. The number of pyridine rings is 1. The van der Waals surface area contributed by atoms with E-state index in [9.17, 15) is 14.7 Å². The van der Waals surface area contributed by atoms with E-state index in [0.717, 1.165) is 5.56 Å². The summed E-state index contributed by atoms with van der Waals surface area (Å²) in [6.45, 7) is 0.0942. The summed E-state index contributed by atoms with van der Waals surface area (Å²) in [5.41, 5.74) is 8.93. The Hall–Kier alpha value is -3.03. The van der Waals surface area contributed by atoms with E-state index in [2.05, 4.69) is 4.98 Å². The molecule has 0 bridgehead atoms. The zero-order chi connectivity index (χ0) is 23.6. The van der Waals surface area contributed by atoms with Gasteiger partial charge in [-0.25, -0.2) is 14.3 Å². The first-order valence-corrected chi connectivity index (χ1v) is 11.2. The van der Waals surface area contributed by atoms with Crippen molar-refractivity contribution in [2.75, 3.05) is 13.2 Å². The summed E-state index contributed by atoms with van der Waals surface area (Å²) in [4.78, 5) is 31.5. The molecule has 0 saturated heterocycles. The number of aliphatic hydroxyl groups is 1. The van der Waals surface area contributed by atoms with Crippen molar-refractivity contribution in [3.05, 3.63) is 105 Å². The largest absolute Gasteiger partial charge is 0.396 e. The number of benzene rings is 2. The number of fused-ring (bicyclic) bond motifs is 1. The van der Waals surface area contributed by atoms with Gasteiger partial charge in [-0.1, -0.05) is 65.7 Å². The van der Waals surface area contributed by atoms with Crippen molar-refractivity contribution in [2.45, 2.75) is 13.0 Å². The fraction of sp³-hybridized carbons (Fsp3) is 0.160. The van der Waals surface area contributed by atoms with Gasteiger partial charge < -0.3 is 10.8 Å². The maximum Gasteiger partial charge on any atom is 0.370 e. The number of carbonyl (C=O) groups excluding carboxylic acids is 2. The quantitative estimate of drug-likeness (QED) is 0.493. The summed E-state index contributed by atoms with van der Waals surface area (Å²) in [6, 6.07) is 17.9. The average molecular weight is 483 g/mol. The molecule has 0 aliphatic carbocycles. The summed E-state index contributed by atoms with van der Waals surface area (Å²) >= 11 is 12.3. The van der Waals surface area contributed by atoms with Crippen molar-refractivity contribution < 1.29 is 19.2 Å². The van der Waals surface area contributed by atoms with Crippen LogP contribution in [0.5, 0.6) is 0 Å². The second kappa shape index (κ2) is 9.45. The normalized spacial score (nSPS) is 17.7. The highest BCUT2D eigenvalue weighted by Gasteiger charge is 2.51. The van der Waals surface area contributed by atoms with Crippen LogP contribution in [0.1, 0.15) is 33.6 Å². The van der Waals surface area contributed by atoms with Crippen LogP contribution in [0, 0.1) is 0 Å². The molecule has 1 aliphatic rings. The van der Waals surface area contributed by atoms with Gasteiger partial charge in [-0.05, 0) is 23.8 Å². The molecule has 1 aliphatic heterocycles. The Morgan fingerprint density at radius 1 is 1.03 bits per heavy atom. The van der Waals surface area contributed by atoms with Gasteiger partial charge in [0, 0.05) is 30.4 Å². The lowest BCUT2D eigenvalue weighted by Gasteiger charge is -2.40. The number of primary amides is 1. The Bertz CT molecular complexity index is 1260. The molecule has 0 saturated carbocycles. The number of halogens is 2. The van der Waals surface area contributed by atoms with Crippen LogP contribution < -0.4 is 5.73 Å². The van der Waals surface area contributed by atoms with Gasteiger partial charge in [-0.2, -0.15) is 0 Å². The van der Waals surface area contributed by atoms with Gasteiger partial charge >= 0.3 is 11.8 Å². The lowest BCUT2D eigenvalue weighted by Crippen LogP contribution is -2.57. The third-order valence-corrected chi connectivity index (χ3v) is 6.50. The van der Waals surface area contributed by atoms with Crippen LogP contribution in [0.4, 0.5) is 0 Å². The van der Waals surface area contributed by atoms with Crippen molar-refractivity contribution in [1.82, 2.24) is 4.98 Å². The first-order chi connectivity index (χ1) is 15.9. The number of quaternary nitrogens is 1. The molecule has 33 heavy (non-hydrogen) atoms. The summed E-state index contributed by atoms with van der Waals surface area (Å²) in [5, 5.41) is 10.4. The minimum atomic E-state index is -0.713. The van der Waals surface area contributed by atoms with E-state index in [1.165, 1.54) is 0 Å². The van der Waals surface area contributed by atoms with Crippen molar-refractivity contribution in [1.29, 1.82) is 0 Å². The lowest BCUT2D eigenvalue weighted by atomic mass is 9.88. The molecule has 0 spiro atoms. The Labute approximate surface area is 201 Å². The minimum absolute atomic E-state index is 0.0976. The number of nitrogens with zero attached hydrogens (tertiary/aromatic N) is 2. The number of amides is 2. The van der Waals surface area contributed by atoms with E-state index in [0.29, 0.717) is 26.7 Å². The number of hydrogen-bond donors (Lipinski definition) is 2. The summed E-state index contributed by atoms with van der Waals surface area (Å²) in [5.74, 6) is -1.08. The Morgan fingerprint density at radius 2 is 1.79 bits per heavy atom. The van der Waals surface area contributed by atoms with E-state index >= 15 is 0 Å². The molecule has 3 N–H and O–H groups in total. The highest BCUT2D eigenvalue weighted by molar-refractivity contribution is 6.42. The van der Waals surface area contributed by atoms with Crippen LogP contribution in [-0.2, 0) is 11.3 Å². The SMILES string of the molecule is NC(=O)C1=C(c2ccccc2)c2cccnc2C(=O)[N+]1(CCCO)Cc1ccc(Cl)c(Cl)c1. The smallest absolute Gasteiger partial charge is 0.370 e. The van der Waals surface area contributed by atoms with E-state index in [-0.39, 0.29) is 43.4 Å². The molecule has 6 nitrogen and oxygen atoms in total. The van der Waals surface area contributed by atoms with Gasteiger partial charge in [0.25, 0.3) is 0 Å². The molecule has 3 aromatic rings. The predicted molar refractivity (Wildman–Crippen MR) is 127 cm³/mol. The fourth-order valence-electron chi connectivity index (χ4n) is 4.39. The lowest BCUT2D eigenvalue weighted by molar-refractivity contribution is -0.820. The van der Waals surface area contributed by atoms with E-state index in [1.807, 2.05) is 30.3 Å². The molecule has 2 heterocycles. The van der Waals surface area contributed by atoms with Crippen LogP contribution in [0.2, 0.25) is 10.0 Å². The topological polar surface area (TPSA) is 93.3 Å². The van der Waals surface area contributed by atoms with Crippen molar-refractivity contribution in [3.63, 3.8) is 0 Å². The monoisotopic (exact) mass is 482 g/mol. The Balaban J connectivity index is 2.05. The first kappa shape index (κ1) is 23.1. The van der Waals surface area contributed by atoms with Crippen molar-refractivity contribution >= 4 is 40.6 Å². The van der Waals surface area contributed by atoms with Gasteiger partial charge in [0.2, 0.25) is 5.70 Å². The number of aliphatic hydroxyl groups excluding tert-OH is 1. The second-order valence-electron chi connectivity index (χ2n) is 7.83. The minimum Gasteiger partial charge on any atom is -0.396 e. The van der Waals surface area contributed by atoms with Crippen LogP contribution in [0.15, 0.2) is 72.6 Å². The number of hydrogen-bond acceptors (Lipinski definition) is 4. The van der Waals surface area contributed by atoms with Crippen molar-refractivity contribution in [2.24, 2.45) is 5.73 Å². The highest BCUT2D eigenvalue weighted by Crippen LogP contribution is 2.41. The Morgan fingerprint density at radius 3 is 2.45 bits per heavy atom. The summed E-state index contributed by atoms with van der Waals surface area (Å²) in [6.07, 6.45) is 1.82. The molecule has 0 fully saturated rings. The zero-order valence-electron chi connectivity index (χ0n) is 17.7. The fourth-order valence-corrected chi connectivity index (χ4v) is 4.71. The maximum absolute atomic E-state index is 14.0. The van der Waals surface area contributed by atoms with Gasteiger partial charge in [-0.3, -0.25) is 4.79 Å². The van der Waals surface area contributed by atoms with Crippen LogP contribution >= 0.6 is 23.2 Å². The molecule has 0 radical (unpaired) electrons. The average Bonchev–Trinajstić information content (AvgIpc) is 2.82. The highest BCUT2D eigenvalue weighted by atomic mass is 35.5. The van der Waals surface area contributed by atoms with Crippen LogP contribution in [-0.4, -0.2) is 39.5 Å². The third kappa shape index (κ3) is 4.18. The van der Waals surface area contributed by atoms with Crippen LogP contribution in [0.3, 0.4) is 0 Å². The molecule has 2 aromatic carbocycles. The molecule has 1 atom stereocenters. The molecule has 1 unspecified atom stereocenters. The first-order valence-electron chi connectivity index (χ1n) is 10.4. The molecular weight excluding hydrogens is 461 g/mol. The summed E-state index contributed by atoms with van der Waals surface area (Å²) < 4.78 is -0.415. The molecule has 1 aromatic heterocycles. The zero-order valence-corrected chi connectivity index (χ0v) is 19.2. The molecule has 8 heteroatoms. The molecule has 4 rings (SSSR count). The Kier molecular flexibility index (Phi) is 6.63. The van der Waals surface area contributed by atoms with Gasteiger partial charge in [0.1, 0.15) is 6.54 Å². The van der Waals surface area contributed by atoms with Crippen LogP contribution in [0.25, 0.3) is 5.57 Å². The van der Waals surface area contributed by atoms with Gasteiger partial charge in [0.05, 0.1) is 22.2 Å². The third-order valence-electron chi connectivity index (χ3n) is 5.76. The molecule has 2 amide bonds.